The number of anilines is 1. The number of non-ortho nitro benzene ring substituents is 1. The van der Waals surface area contributed by atoms with Crippen molar-refractivity contribution in [3.05, 3.63) is 136 Å². The van der Waals surface area contributed by atoms with Gasteiger partial charge in [-0.2, -0.15) is 0 Å². The summed E-state index contributed by atoms with van der Waals surface area (Å²) in [5.74, 6) is -0.949. The minimum atomic E-state index is -4.30. The molecule has 0 aliphatic carbocycles. The SMILES string of the molecule is CCCCNC(=O)[C@@H](Cc1ccccc1)N(Cc1ccc(C)cc1)C(=O)CN(c1ccc([N+](=O)[O-])cc1)S(=O)(=O)c1ccccc1. The number of nitrogens with one attached hydrogen (secondary N) is 1. The Morgan fingerprint density at radius 1 is 0.848 bits per heavy atom. The van der Waals surface area contributed by atoms with E-state index in [2.05, 4.69) is 5.32 Å². The zero-order valence-corrected chi connectivity index (χ0v) is 26.7. The third-order valence-corrected chi connectivity index (χ3v) is 9.32. The molecule has 1 atom stereocenters. The first-order valence-corrected chi connectivity index (χ1v) is 16.5. The van der Waals surface area contributed by atoms with Gasteiger partial charge in [0, 0.05) is 31.6 Å². The second-order valence-corrected chi connectivity index (χ2v) is 12.8. The lowest BCUT2D eigenvalue weighted by atomic mass is 10.0. The molecule has 0 bridgehead atoms. The monoisotopic (exact) mass is 642 g/mol. The van der Waals surface area contributed by atoms with Gasteiger partial charge in [0.2, 0.25) is 11.8 Å². The van der Waals surface area contributed by atoms with E-state index in [4.69, 9.17) is 0 Å². The molecule has 0 heterocycles. The van der Waals surface area contributed by atoms with Gasteiger partial charge in [0.15, 0.2) is 0 Å². The molecule has 4 aromatic carbocycles. The van der Waals surface area contributed by atoms with Crippen LogP contribution in [-0.2, 0) is 32.6 Å². The summed E-state index contributed by atoms with van der Waals surface area (Å²) in [7, 11) is -4.30. The molecule has 4 aromatic rings. The van der Waals surface area contributed by atoms with Gasteiger partial charge in [-0.3, -0.25) is 24.0 Å². The summed E-state index contributed by atoms with van der Waals surface area (Å²) in [6.45, 7) is 3.81. The summed E-state index contributed by atoms with van der Waals surface area (Å²) in [6.07, 6.45) is 1.84. The summed E-state index contributed by atoms with van der Waals surface area (Å²) >= 11 is 0. The number of benzene rings is 4. The van der Waals surface area contributed by atoms with Crippen LogP contribution in [0.1, 0.15) is 36.5 Å². The van der Waals surface area contributed by atoms with Crippen LogP contribution in [0.5, 0.6) is 0 Å². The van der Waals surface area contributed by atoms with Gasteiger partial charge in [-0.15, -0.1) is 0 Å². The van der Waals surface area contributed by atoms with Crippen molar-refractivity contribution in [3.63, 3.8) is 0 Å². The van der Waals surface area contributed by atoms with Crippen molar-refractivity contribution in [2.45, 2.75) is 50.6 Å². The van der Waals surface area contributed by atoms with Gasteiger partial charge in [0.05, 0.1) is 15.5 Å². The molecule has 0 aromatic heterocycles. The topological polar surface area (TPSA) is 130 Å². The molecule has 46 heavy (non-hydrogen) atoms. The third-order valence-electron chi connectivity index (χ3n) is 7.53. The van der Waals surface area contributed by atoms with Gasteiger partial charge >= 0.3 is 0 Å². The molecule has 0 fully saturated rings. The van der Waals surface area contributed by atoms with Crippen LogP contribution in [0.4, 0.5) is 11.4 Å². The highest BCUT2D eigenvalue weighted by molar-refractivity contribution is 7.92. The van der Waals surface area contributed by atoms with Gasteiger partial charge in [0.1, 0.15) is 12.6 Å². The lowest BCUT2D eigenvalue weighted by Crippen LogP contribution is -2.53. The predicted octanol–water partition coefficient (Wildman–Crippen LogP) is 5.65. The number of carbonyl (C=O) groups is 2. The van der Waals surface area contributed by atoms with E-state index in [-0.39, 0.29) is 35.1 Å². The van der Waals surface area contributed by atoms with Gasteiger partial charge in [-0.1, -0.05) is 91.7 Å². The molecule has 0 aliphatic heterocycles. The van der Waals surface area contributed by atoms with Crippen LogP contribution in [0.3, 0.4) is 0 Å². The van der Waals surface area contributed by atoms with Crippen molar-refractivity contribution >= 4 is 33.2 Å². The molecular formula is C35H38N4O6S. The van der Waals surface area contributed by atoms with Crippen molar-refractivity contribution in [1.82, 2.24) is 10.2 Å². The van der Waals surface area contributed by atoms with E-state index in [1.807, 2.05) is 68.4 Å². The van der Waals surface area contributed by atoms with Crippen LogP contribution in [0, 0.1) is 17.0 Å². The molecular weight excluding hydrogens is 604 g/mol. The Kier molecular flexibility index (Phi) is 11.6. The Morgan fingerprint density at radius 2 is 1.46 bits per heavy atom. The quantitative estimate of drug-likeness (QED) is 0.101. The normalized spacial score (nSPS) is 11.8. The van der Waals surface area contributed by atoms with Crippen LogP contribution in [-0.4, -0.2) is 49.2 Å². The van der Waals surface area contributed by atoms with Crippen LogP contribution >= 0.6 is 0 Å². The Balaban J connectivity index is 1.79. The zero-order valence-electron chi connectivity index (χ0n) is 25.9. The van der Waals surface area contributed by atoms with Gasteiger partial charge in [-0.05, 0) is 48.7 Å². The average molecular weight is 643 g/mol. The first kappa shape index (κ1) is 33.9. The first-order valence-electron chi connectivity index (χ1n) is 15.1. The highest BCUT2D eigenvalue weighted by atomic mass is 32.2. The number of aryl methyl sites for hydroxylation is 1. The van der Waals surface area contributed by atoms with Crippen molar-refractivity contribution < 1.29 is 22.9 Å². The molecule has 4 rings (SSSR count). The summed E-state index contributed by atoms with van der Waals surface area (Å²) in [5, 5.41) is 14.3. The maximum absolute atomic E-state index is 14.4. The van der Waals surface area contributed by atoms with E-state index < -0.39 is 33.4 Å². The second-order valence-electron chi connectivity index (χ2n) is 11.0. The maximum atomic E-state index is 14.4. The molecule has 11 heteroatoms. The molecule has 10 nitrogen and oxygen atoms in total. The van der Waals surface area contributed by atoms with E-state index in [0.717, 1.165) is 33.8 Å². The maximum Gasteiger partial charge on any atom is 0.269 e. The van der Waals surface area contributed by atoms with Crippen molar-refractivity contribution in [3.8, 4) is 0 Å². The van der Waals surface area contributed by atoms with Crippen molar-refractivity contribution in [1.29, 1.82) is 0 Å². The fourth-order valence-electron chi connectivity index (χ4n) is 4.94. The molecule has 0 saturated heterocycles. The summed E-state index contributed by atoms with van der Waals surface area (Å²) in [5.41, 5.74) is 2.48. The minimum absolute atomic E-state index is 0.0515. The number of amides is 2. The minimum Gasteiger partial charge on any atom is -0.354 e. The molecule has 0 unspecified atom stereocenters. The fraction of sp³-hybridized carbons (Fsp3) is 0.257. The van der Waals surface area contributed by atoms with Crippen molar-refractivity contribution in [2.75, 3.05) is 17.4 Å². The summed E-state index contributed by atoms with van der Waals surface area (Å²) < 4.78 is 29.0. The molecule has 240 valence electrons. The highest BCUT2D eigenvalue weighted by Gasteiger charge is 2.34. The van der Waals surface area contributed by atoms with Crippen LogP contribution in [0.2, 0.25) is 0 Å². The van der Waals surface area contributed by atoms with Gasteiger partial charge in [0.25, 0.3) is 15.7 Å². The average Bonchev–Trinajstić information content (AvgIpc) is 3.07. The molecule has 0 saturated carbocycles. The summed E-state index contributed by atoms with van der Waals surface area (Å²) in [4.78, 5) is 40.4. The number of carbonyl (C=O) groups excluding carboxylic acids is 2. The standard InChI is InChI=1S/C35H38N4O6S/c1-3-4-23-36-35(41)33(24-28-11-7-5-8-12-28)37(25-29-17-15-27(2)16-18-29)34(40)26-38(30-19-21-31(22-20-30)39(42)43)46(44,45)32-13-9-6-10-14-32/h5-22,33H,3-4,23-26H2,1-2H3,(H,36,41)/t33-/m1/s1. The third kappa shape index (κ3) is 8.79. The number of unbranched alkanes of at least 4 members (excludes halogenated alkanes) is 1. The summed E-state index contributed by atoms with van der Waals surface area (Å²) in [6, 6.07) is 28.6. The Hall–Kier alpha value is -5.03. The molecule has 0 spiro atoms. The first-order chi connectivity index (χ1) is 22.1. The number of hydrogen-bond acceptors (Lipinski definition) is 6. The number of nitrogens with zero attached hydrogens (tertiary/aromatic N) is 3. The fourth-order valence-corrected chi connectivity index (χ4v) is 6.37. The van der Waals surface area contributed by atoms with E-state index in [1.54, 1.807) is 18.2 Å². The van der Waals surface area contributed by atoms with Crippen LogP contribution in [0.25, 0.3) is 0 Å². The van der Waals surface area contributed by atoms with Crippen molar-refractivity contribution in [2.24, 2.45) is 0 Å². The lowest BCUT2D eigenvalue weighted by Gasteiger charge is -2.34. The van der Waals surface area contributed by atoms with E-state index in [0.29, 0.717) is 6.54 Å². The Labute approximate surface area is 269 Å². The number of nitro groups is 1. The van der Waals surface area contributed by atoms with E-state index in [9.17, 15) is 28.1 Å². The number of rotatable bonds is 15. The smallest absolute Gasteiger partial charge is 0.269 e. The largest absolute Gasteiger partial charge is 0.354 e. The molecule has 1 N–H and O–H groups in total. The number of nitro benzene ring substituents is 1. The Morgan fingerprint density at radius 3 is 2.04 bits per heavy atom. The second kappa shape index (κ2) is 15.8. The van der Waals surface area contributed by atoms with Gasteiger partial charge < -0.3 is 10.2 Å². The van der Waals surface area contributed by atoms with E-state index in [1.165, 1.54) is 41.3 Å². The molecule has 0 aliphatic rings. The van der Waals surface area contributed by atoms with Gasteiger partial charge in [-0.25, -0.2) is 8.42 Å². The predicted molar refractivity (Wildman–Crippen MR) is 178 cm³/mol. The molecule has 2 amide bonds. The molecule has 0 radical (unpaired) electrons. The van der Waals surface area contributed by atoms with E-state index >= 15 is 0 Å². The lowest BCUT2D eigenvalue weighted by molar-refractivity contribution is -0.384. The number of hydrogen-bond donors (Lipinski definition) is 1. The van der Waals surface area contributed by atoms with Crippen LogP contribution < -0.4 is 9.62 Å². The number of sulfonamides is 1. The highest BCUT2D eigenvalue weighted by Crippen LogP contribution is 2.27. The zero-order chi connectivity index (χ0) is 33.1. The van der Waals surface area contributed by atoms with Crippen LogP contribution in [0.15, 0.2) is 114 Å². The Bertz CT molecular complexity index is 1710.